The highest BCUT2D eigenvalue weighted by Gasteiger charge is 2.18. The summed E-state index contributed by atoms with van der Waals surface area (Å²) < 4.78 is 0. The van der Waals surface area contributed by atoms with Gasteiger partial charge in [0, 0.05) is 37.2 Å². The van der Waals surface area contributed by atoms with Crippen molar-refractivity contribution >= 4 is 28.2 Å². The van der Waals surface area contributed by atoms with Crippen LogP contribution in [0.4, 0.5) is 16.9 Å². The summed E-state index contributed by atoms with van der Waals surface area (Å²) in [5, 5.41) is 17.5. The normalized spacial score (nSPS) is 19.8. The minimum Gasteiger partial charge on any atom is -0.392 e. The first-order valence-corrected chi connectivity index (χ1v) is 13.1. The van der Waals surface area contributed by atoms with Crippen molar-refractivity contribution in [1.29, 1.82) is 0 Å². The quantitative estimate of drug-likeness (QED) is 0.447. The number of anilines is 3. The molecule has 34 heavy (non-hydrogen) atoms. The van der Waals surface area contributed by atoms with Crippen molar-refractivity contribution in [3.63, 3.8) is 0 Å². The number of nitrogens with one attached hydrogen (secondary N) is 2. The van der Waals surface area contributed by atoms with Crippen molar-refractivity contribution in [1.82, 2.24) is 24.8 Å². The minimum atomic E-state index is -0.209. The third kappa shape index (κ3) is 6.08. The lowest BCUT2D eigenvalue weighted by atomic mass is 9.96. The van der Waals surface area contributed by atoms with Crippen LogP contribution >= 0.6 is 11.3 Å². The third-order valence-electron chi connectivity index (χ3n) is 6.50. The number of hydrogen-bond donors (Lipinski definition) is 3. The average molecular weight is 480 g/mol. The van der Waals surface area contributed by atoms with Gasteiger partial charge in [-0.15, -0.1) is 0 Å². The van der Waals surface area contributed by atoms with E-state index in [2.05, 4.69) is 36.6 Å². The molecule has 1 saturated carbocycles. The zero-order chi connectivity index (χ0) is 23.3. The van der Waals surface area contributed by atoms with Gasteiger partial charge < -0.3 is 15.7 Å². The summed E-state index contributed by atoms with van der Waals surface area (Å²) in [6, 6.07) is 6.55. The van der Waals surface area contributed by atoms with E-state index in [-0.39, 0.29) is 6.10 Å². The monoisotopic (exact) mass is 479 g/mol. The molecule has 3 N–H and O–H groups in total. The average Bonchev–Trinajstić information content (AvgIpc) is 3.29. The van der Waals surface area contributed by atoms with E-state index in [0.717, 1.165) is 65.3 Å². The van der Waals surface area contributed by atoms with Crippen LogP contribution in [0.2, 0.25) is 0 Å². The van der Waals surface area contributed by atoms with E-state index < -0.39 is 0 Å². The van der Waals surface area contributed by atoms with Gasteiger partial charge in [0.2, 0.25) is 5.95 Å². The van der Waals surface area contributed by atoms with Gasteiger partial charge in [0.25, 0.3) is 0 Å². The number of thiazole rings is 1. The van der Waals surface area contributed by atoms with Crippen LogP contribution in [0, 0.1) is 6.92 Å². The van der Waals surface area contributed by atoms with Crippen LogP contribution in [0.5, 0.6) is 0 Å². The Balaban J connectivity index is 1.22. The zero-order valence-electron chi connectivity index (χ0n) is 19.7. The van der Waals surface area contributed by atoms with Gasteiger partial charge >= 0.3 is 0 Å². The Kier molecular flexibility index (Phi) is 7.32. The number of aryl methyl sites for hydroxylation is 1. The molecule has 180 valence electrons. The molecule has 0 radical (unpaired) electrons. The number of aromatic nitrogens is 4. The molecule has 1 atom stereocenters. The molecule has 3 aromatic rings. The van der Waals surface area contributed by atoms with Crippen LogP contribution < -0.4 is 10.6 Å². The highest BCUT2D eigenvalue weighted by molar-refractivity contribution is 7.18. The topological polar surface area (TPSA) is 99.1 Å². The summed E-state index contributed by atoms with van der Waals surface area (Å²) in [5.74, 6) is 1.48. The number of rotatable bonds is 7. The SMILES string of the molecule is Cc1cc(-c2cnc(Nc3ccc(CN4CCCC(O)C4)cn3)s2)nc(NC2CCCCC2)n1. The van der Waals surface area contributed by atoms with Gasteiger partial charge in [-0.05, 0) is 56.8 Å². The Morgan fingerprint density at radius 3 is 2.74 bits per heavy atom. The van der Waals surface area contributed by atoms with E-state index in [1.807, 2.05) is 31.5 Å². The lowest BCUT2D eigenvalue weighted by Crippen LogP contribution is -2.37. The number of pyridine rings is 1. The Labute approximate surface area is 204 Å². The van der Waals surface area contributed by atoms with Crippen molar-refractivity contribution in [2.45, 2.75) is 70.6 Å². The van der Waals surface area contributed by atoms with Gasteiger partial charge in [0.05, 0.1) is 16.7 Å². The third-order valence-corrected chi connectivity index (χ3v) is 7.43. The molecule has 2 fully saturated rings. The largest absolute Gasteiger partial charge is 0.392 e. The first-order chi connectivity index (χ1) is 16.6. The Morgan fingerprint density at radius 1 is 1.06 bits per heavy atom. The van der Waals surface area contributed by atoms with Crippen LogP contribution in [0.1, 0.15) is 56.2 Å². The molecule has 0 amide bonds. The van der Waals surface area contributed by atoms with Crippen molar-refractivity contribution in [2.24, 2.45) is 0 Å². The van der Waals surface area contributed by atoms with Crippen LogP contribution in [-0.4, -0.2) is 55.2 Å². The van der Waals surface area contributed by atoms with Crippen molar-refractivity contribution in [3.8, 4) is 10.6 Å². The number of likely N-dealkylation sites (tertiary alicyclic amines) is 1. The molecule has 2 aliphatic rings. The predicted octanol–water partition coefficient (Wildman–Crippen LogP) is 4.75. The maximum absolute atomic E-state index is 9.87. The summed E-state index contributed by atoms with van der Waals surface area (Å²) in [7, 11) is 0. The number of β-amino-alcohol motifs (C(OH)–C–C–N with tert-alkyl or cyclic N) is 1. The van der Waals surface area contributed by atoms with Crippen molar-refractivity contribution in [3.05, 3.63) is 41.9 Å². The fourth-order valence-electron chi connectivity index (χ4n) is 4.77. The number of nitrogens with zero attached hydrogens (tertiary/aromatic N) is 5. The van der Waals surface area contributed by atoms with E-state index in [9.17, 15) is 5.11 Å². The summed E-state index contributed by atoms with van der Waals surface area (Å²) in [4.78, 5) is 21.8. The first kappa shape index (κ1) is 23.1. The predicted molar refractivity (Wildman–Crippen MR) is 136 cm³/mol. The van der Waals surface area contributed by atoms with Crippen LogP contribution in [0.15, 0.2) is 30.6 Å². The van der Waals surface area contributed by atoms with Gasteiger partial charge in [-0.2, -0.15) is 0 Å². The smallest absolute Gasteiger partial charge is 0.223 e. The summed E-state index contributed by atoms with van der Waals surface area (Å²) in [5.41, 5.74) is 2.99. The standard InChI is InChI=1S/C25H33N7OS/c1-17-12-21(30-24(28-17)29-19-6-3-2-4-7-19)22-14-27-25(34-22)31-23-10-9-18(13-26-23)15-32-11-5-8-20(33)16-32/h9-10,12-14,19-20,33H,2-8,11,15-16H2,1H3,(H,26,27,31)(H,28,29,30). The molecular weight excluding hydrogens is 446 g/mol. The fourth-order valence-corrected chi connectivity index (χ4v) is 5.56. The van der Waals surface area contributed by atoms with Gasteiger partial charge in [-0.25, -0.2) is 19.9 Å². The van der Waals surface area contributed by atoms with E-state index in [1.54, 1.807) is 11.3 Å². The summed E-state index contributed by atoms with van der Waals surface area (Å²) in [6.45, 7) is 4.59. The second-order valence-corrected chi connectivity index (χ2v) is 10.5. The lowest BCUT2D eigenvalue weighted by molar-refractivity contribution is 0.0668. The van der Waals surface area contributed by atoms with E-state index in [4.69, 9.17) is 4.98 Å². The molecule has 9 heteroatoms. The Hall–Kier alpha value is -2.62. The fraction of sp³-hybridized carbons (Fsp3) is 0.520. The summed E-state index contributed by atoms with van der Waals surface area (Å²) >= 11 is 1.56. The van der Waals surface area contributed by atoms with E-state index in [0.29, 0.717) is 12.0 Å². The number of aliphatic hydroxyl groups is 1. The van der Waals surface area contributed by atoms with Gasteiger partial charge in [-0.1, -0.05) is 36.7 Å². The highest BCUT2D eigenvalue weighted by atomic mass is 32.1. The molecule has 4 heterocycles. The molecule has 1 aliphatic carbocycles. The molecule has 1 aliphatic heterocycles. The van der Waals surface area contributed by atoms with Crippen molar-refractivity contribution < 1.29 is 5.11 Å². The maximum Gasteiger partial charge on any atom is 0.223 e. The zero-order valence-corrected chi connectivity index (χ0v) is 20.5. The van der Waals surface area contributed by atoms with Crippen LogP contribution in [-0.2, 0) is 6.54 Å². The number of hydrogen-bond acceptors (Lipinski definition) is 9. The first-order valence-electron chi connectivity index (χ1n) is 12.3. The number of piperidine rings is 1. The number of aliphatic hydroxyl groups excluding tert-OH is 1. The minimum absolute atomic E-state index is 0.209. The molecule has 0 aromatic carbocycles. The molecular formula is C25H33N7OS. The second kappa shape index (κ2) is 10.8. The molecule has 1 saturated heterocycles. The Morgan fingerprint density at radius 2 is 1.94 bits per heavy atom. The van der Waals surface area contributed by atoms with Crippen molar-refractivity contribution in [2.75, 3.05) is 23.7 Å². The second-order valence-electron chi connectivity index (χ2n) is 9.43. The van der Waals surface area contributed by atoms with E-state index >= 15 is 0 Å². The molecule has 8 nitrogen and oxygen atoms in total. The molecule has 0 spiro atoms. The lowest BCUT2D eigenvalue weighted by Gasteiger charge is -2.29. The van der Waals surface area contributed by atoms with Gasteiger partial charge in [0.1, 0.15) is 5.82 Å². The highest BCUT2D eigenvalue weighted by Crippen LogP contribution is 2.30. The van der Waals surface area contributed by atoms with E-state index in [1.165, 1.54) is 32.1 Å². The molecule has 1 unspecified atom stereocenters. The van der Waals surface area contributed by atoms with Crippen LogP contribution in [0.25, 0.3) is 10.6 Å². The molecule has 3 aromatic heterocycles. The molecule has 5 rings (SSSR count). The Bertz CT molecular complexity index is 1080. The molecule has 0 bridgehead atoms. The van der Waals surface area contributed by atoms with Gasteiger partial charge in [-0.3, -0.25) is 4.90 Å². The summed E-state index contributed by atoms with van der Waals surface area (Å²) in [6.07, 6.45) is 11.7. The van der Waals surface area contributed by atoms with Crippen LogP contribution in [0.3, 0.4) is 0 Å². The van der Waals surface area contributed by atoms with Gasteiger partial charge in [0.15, 0.2) is 5.13 Å². The maximum atomic E-state index is 9.87.